The van der Waals surface area contributed by atoms with Crippen LogP contribution in [0, 0.1) is 11.9 Å². The number of halogens is 1. The monoisotopic (exact) mass is 179 g/mol. The third kappa shape index (κ3) is 3.74. The molecule has 0 atom stereocenters. The van der Waals surface area contributed by atoms with Gasteiger partial charge in [-0.05, 0) is 25.5 Å². The van der Waals surface area contributed by atoms with Crippen molar-refractivity contribution >= 4 is 0 Å². The summed E-state index contributed by atoms with van der Waals surface area (Å²) in [6.07, 6.45) is 4.81. The lowest BCUT2D eigenvalue weighted by molar-refractivity contribution is 0.323. The molecule has 0 aliphatic rings. The molecule has 0 heterocycles. The summed E-state index contributed by atoms with van der Waals surface area (Å²) in [4.78, 5) is 0. The minimum Gasteiger partial charge on any atom is -0.493 e. The maximum absolute atomic E-state index is 12.6. The SMILES string of the molecule is CC=CCCOc1cc[c]c(F)c1. The summed E-state index contributed by atoms with van der Waals surface area (Å²) < 4.78 is 17.9. The van der Waals surface area contributed by atoms with Crippen molar-refractivity contribution < 1.29 is 9.13 Å². The molecule has 1 aromatic rings. The standard InChI is InChI=1S/C11H12FO/c1-2-3-4-8-13-11-7-5-6-10(12)9-11/h2-3,5,7,9H,4,8H2,1H3. The summed E-state index contributed by atoms with van der Waals surface area (Å²) in [6.45, 7) is 2.53. The van der Waals surface area contributed by atoms with E-state index < -0.39 is 0 Å². The first-order valence-corrected chi connectivity index (χ1v) is 4.24. The normalized spacial score (nSPS) is 10.6. The van der Waals surface area contributed by atoms with E-state index in [1.165, 1.54) is 12.1 Å². The summed E-state index contributed by atoms with van der Waals surface area (Å²) in [6, 6.07) is 6.95. The smallest absolute Gasteiger partial charge is 0.134 e. The number of ether oxygens (including phenoxy) is 1. The van der Waals surface area contributed by atoms with E-state index in [2.05, 4.69) is 6.07 Å². The highest BCUT2D eigenvalue weighted by Crippen LogP contribution is 2.11. The Balaban J connectivity index is 2.36. The first-order valence-electron chi connectivity index (χ1n) is 4.24. The molecule has 13 heavy (non-hydrogen) atoms. The molecule has 0 N–H and O–H groups in total. The molecule has 0 amide bonds. The van der Waals surface area contributed by atoms with Gasteiger partial charge >= 0.3 is 0 Å². The predicted octanol–water partition coefficient (Wildman–Crippen LogP) is 2.97. The quantitative estimate of drug-likeness (QED) is 0.510. The minimum absolute atomic E-state index is 0.386. The second-order valence-corrected chi connectivity index (χ2v) is 2.58. The average Bonchev–Trinajstić information content (AvgIpc) is 2.13. The molecule has 0 saturated carbocycles. The van der Waals surface area contributed by atoms with Crippen molar-refractivity contribution in [3.8, 4) is 5.75 Å². The van der Waals surface area contributed by atoms with E-state index in [4.69, 9.17) is 4.74 Å². The Labute approximate surface area is 77.8 Å². The zero-order chi connectivity index (χ0) is 9.52. The minimum atomic E-state index is -0.386. The first kappa shape index (κ1) is 9.78. The van der Waals surface area contributed by atoms with Crippen molar-refractivity contribution in [1.82, 2.24) is 0 Å². The van der Waals surface area contributed by atoms with Crippen molar-refractivity contribution in [2.75, 3.05) is 6.61 Å². The van der Waals surface area contributed by atoms with Crippen LogP contribution in [-0.4, -0.2) is 6.61 Å². The number of rotatable bonds is 4. The van der Waals surface area contributed by atoms with Crippen LogP contribution in [0.25, 0.3) is 0 Å². The molecule has 1 rings (SSSR count). The van der Waals surface area contributed by atoms with E-state index in [1.807, 2.05) is 19.1 Å². The molecule has 69 valence electrons. The fourth-order valence-corrected chi connectivity index (χ4v) is 0.919. The van der Waals surface area contributed by atoms with Crippen molar-refractivity contribution in [2.24, 2.45) is 0 Å². The van der Waals surface area contributed by atoms with E-state index in [0.29, 0.717) is 12.4 Å². The Hall–Kier alpha value is -1.31. The molecule has 0 unspecified atom stereocenters. The van der Waals surface area contributed by atoms with E-state index in [-0.39, 0.29) is 5.82 Å². The second kappa shape index (κ2) is 5.36. The van der Waals surface area contributed by atoms with Crippen molar-refractivity contribution in [2.45, 2.75) is 13.3 Å². The first-order chi connectivity index (χ1) is 6.33. The lowest BCUT2D eigenvalue weighted by Gasteiger charge is -2.03. The van der Waals surface area contributed by atoms with Crippen LogP contribution in [0.15, 0.2) is 30.4 Å². The Morgan fingerprint density at radius 1 is 1.62 bits per heavy atom. The molecule has 2 heteroatoms. The molecular formula is C11H12FO. The molecule has 0 spiro atoms. The summed E-state index contributed by atoms with van der Waals surface area (Å²) in [5.74, 6) is 0.171. The predicted molar refractivity (Wildman–Crippen MR) is 50.2 cm³/mol. The molecular weight excluding hydrogens is 167 g/mol. The molecule has 1 nitrogen and oxygen atoms in total. The van der Waals surface area contributed by atoms with Crippen LogP contribution in [0.1, 0.15) is 13.3 Å². The molecule has 1 aromatic carbocycles. The van der Waals surface area contributed by atoms with Gasteiger partial charge in [0.2, 0.25) is 0 Å². The number of hydrogen-bond acceptors (Lipinski definition) is 1. The van der Waals surface area contributed by atoms with Gasteiger partial charge < -0.3 is 4.74 Å². The third-order valence-electron chi connectivity index (χ3n) is 1.53. The van der Waals surface area contributed by atoms with Crippen LogP contribution in [0.5, 0.6) is 5.75 Å². The molecule has 0 aliphatic carbocycles. The van der Waals surface area contributed by atoms with Gasteiger partial charge in [0, 0.05) is 12.1 Å². The molecule has 0 saturated heterocycles. The van der Waals surface area contributed by atoms with Crippen molar-refractivity contribution in [3.05, 3.63) is 42.2 Å². The topological polar surface area (TPSA) is 9.23 Å². The van der Waals surface area contributed by atoms with Gasteiger partial charge in [-0.2, -0.15) is 0 Å². The van der Waals surface area contributed by atoms with Crippen LogP contribution >= 0.6 is 0 Å². The maximum Gasteiger partial charge on any atom is 0.134 e. The third-order valence-corrected chi connectivity index (χ3v) is 1.53. The number of hydrogen-bond donors (Lipinski definition) is 0. The van der Waals surface area contributed by atoms with Crippen molar-refractivity contribution in [3.63, 3.8) is 0 Å². The lowest BCUT2D eigenvalue weighted by atomic mass is 10.3. The molecule has 1 radical (unpaired) electrons. The van der Waals surface area contributed by atoms with Gasteiger partial charge in [-0.25, -0.2) is 4.39 Å². The van der Waals surface area contributed by atoms with Crippen LogP contribution in [0.2, 0.25) is 0 Å². The fraction of sp³-hybridized carbons (Fsp3) is 0.273. The summed E-state index contributed by atoms with van der Waals surface area (Å²) in [5, 5.41) is 0. The number of benzene rings is 1. The van der Waals surface area contributed by atoms with Crippen LogP contribution in [0.3, 0.4) is 0 Å². The van der Waals surface area contributed by atoms with E-state index in [9.17, 15) is 4.39 Å². The van der Waals surface area contributed by atoms with E-state index in [1.54, 1.807) is 6.07 Å². The fourth-order valence-electron chi connectivity index (χ4n) is 0.919. The maximum atomic E-state index is 12.6. The lowest BCUT2D eigenvalue weighted by Crippen LogP contribution is -1.95. The largest absolute Gasteiger partial charge is 0.493 e. The second-order valence-electron chi connectivity index (χ2n) is 2.58. The zero-order valence-corrected chi connectivity index (χ0v) is 7.59. The Morgan fingerprint density at radius 2 is 2.46 bits per heavy atom. The number of allylic oxidation sites excluding steroid dienone is 1. The van der Waals surface area contributed by atoms with E-state index >= 15 is 0 Å². The zero-order valence-electron chi connectivity index (χ0n) is 7.59. The van der Waals surface area contributed by atoms with Gasteiger partial charge in [-0.15, -0.1) is 0 Å². The van der Waals surface area contributed by atoms with Gasteiger partial charge in [0.25, 0.3) is 0 Å². The molecule has 0 bridgehead atoms. The summed E-state index contributed by atoms with van der Waals surface area (Å²) >= 11 is 0. The highest BCUT2D eigenvalue weighted by atomic mass is 19.1. The van der Waals surface area contributed by atoms with E-state index in [0.717, 1.165) is 6.42 Å². The summed E-state index contributed by atoms with van der Waals surface area (Å²) in [7, 11) is 0. The van der Waals surface area contributed by atoms with Gasteiger partial charge in [-0.3, -0.25) is 0 Å². The van der Waals surface area contributed by atoms with Gasteiger partial charge in [0.05, 0.1) is 6.61 Å². The van der Waals surface area contributed by atoms with Crippen LogP contribution in [0.4, 0.5) is 4.39 Å². The molecule has 0 aliphatic heterocycles. The average molecular weight is 179 g/mol. The Bertz CT molecular complexity index is 281. The van der Waals surface area contributed by atoms with Gasteiger partial charge in [0.1, 0.15) is 11.6 Å². The van der Waals surface area contributed by atoms with Crippen LogP contribution in [-0.2, 0) is 0 Å². The Kier molecular flexibility index (Phi) is 4.03. The van der Waals surface area contributed by atoms with Crippen LogP contribution < -0.4 is 4.74 Å². The molecule has 0 fully saturated rings. The summed E-state index contributed by atoms with van der Waals surface area (Å²) in [5.41, 5.74) is 0. The van der Waals surface area contributed by atoms with Gasteiger partial charge in [0.15, 0.2) is 0 Å². The highest BCUT2D eigenvalue weighted by Gasteiger charge is 1.94. The highest BCUT2D eigenvalue weighted by molar-refractivity contribution is 5.21. The van der Waals surface area contributed by atoms with Gasteiger partial charge in [-0.1, -0.05) is 12.2 Å². The Morgan fingerprint density at radius 3 is 3.15 bits per heavy atom. The van der Waals surface area contributed by atoms with Crippen molar-refractivity contribution in [1.29, 1.82) is 0 Å². The molecule has 0 aromatic heterocycles.